The van der Waals surface area contributed by atoms with Crippen LogP contribution in [0.1, 0.15) is 11.1 Å². The number of hydrogen-bond donors (Lipinski definition) is 2. The number of aromatic nitrogens is 1. The van der Waals surface area contributed by atoms with Gasteiger partial charge in [0, 0.05) is 23.9 Å². The van der Waals surface area contributed by atoms with Gasteiger partial charge in [-0.1, -0.05) is 42.5 Å². The minimum absolute atomic E-state index is 0.167. The minimum Gasteiger partial charge on any atom is -0.445 e. The summed E-state index contributed by atoms with van der Waals surface area (Å²) in [5.41, 5.74) is 4.06. The van der Waals surface area contributed by atoms with Gasteiger partial charge in [-0.3, -0.25) is 5.01 Å². The van der Waals surface area contributed by atoms with E-state index in [0.717, 1.165) is 21.7 Å². The third-order valence-electron chi connectivity index (χ3n) is 3.86. The minimum atomic E-state index is -0.417. The van der Waals surface area contributed by atoms with E-state index >= 15 is 0 Å². The van der Waals surface area contributed by atoms with Gasteiger partial charge in [0.1, 0.15) is 18.6 Å². The van der Waals surface area contributed by atoms with Gasteiger partial charge in [-0.15, -0.1) is 0 Å². The van der Waals surface area contributed by atoms with Crippen molar-refractivity contribution in [2.45, 2.75) is 13.5 Å². The molecule has 0 aliphatic heterocycles. The number of carbonyl (C=O) groups excluding carboxylic acids is 1. The Morgan fingerprint density at radius 3 is 2.73 bits per heavy atom. The number of hydrogen-bond acceptors (Lipinski definition) is 5. The topological polar surface area (TPSA) is 93.6 Å². The molecule has 1 aromatic heterocycles. The van der Waals surface area contributed by atoms with Crippen molar-refractivity contribution in [3.63, 3.8) is 0 Å². The second-order valence-electron chi connectivity index (χ2n) is 5.80. The largest absolute Gasteiger partial charge is 0.445 e. The number of rotatable bonds is 5. The first-order valence-electron chi connectivity index (χ1n) is 8.06. The van der Waals surface area contributed by atoms with Crippen LogP contribution >= 0.6 is 0 Å². The van der Waals surface area contributed by atoms with Gasteiger partial charge in [0.2, 0.25) is 0 Å². The average molecular weight is 352 g/mol. The van der Waals surface area contributed by atoms with Crippen LogP contribution in [0.15, 0.2) is 59.2 Å². The molecule has 3 rings (SSSR count). The molecule has 0 spiro atoms. The Kier molecular flexibility index (Phi) is 5.19. The Hall–Kier alpha value is -3.32. The van der Waals surface area contributed by atoms with Crippen LogP contribution in [0.4, 0.5) is 10.5 Å². The second kappa shape index (κ2) is 7.71. The van der Waals surface area contributed by atoms with Gasteiger partial charge in [0.25, 0.3) is 0 Å². The number of anilines is 1. The van der Waals surface area contributed by atoms with Gasteiger partial charge >= 0.3 is 12.1 Å². The molecule has 0 atom stereocenters. The number of ether oxygens (including phenoxy) is 1. The number of hydrazine groups is 1. The van der Waals surface area contributed by atoms with Crippen molar-refractivity contribution >= 4 is 11.7 Å². The van der Waals surface area contributed by atoms with Crippen molar-refractivity contribution in [3.8, 4) is 17.3 Å². The zero-order chi connectivity index (χ0) is 18.5. The molecule has 7 nitrogen and oxygen atoms in total. The van der Waals surface area contributed by atoms with Crippen LogP contribution in [0.5, 0.6) is 6.08 Å². The summed E-state index contributed by atoms with van der Waals surface area (Å²) in [5.74, 6) is 5.46. The molecule has 0 saturated heterocycles. The van der Waals surface area contributed by atoms with Crippen molar-refractivity contribution in [1.29, 1.82) is 0 Å². The van der Waals surface area contributed by atoms with Crippen molar-refractivity contribution in [2.24, 2.45) is 5.84 Å². The van der Waals surface area contributed by atoms with E-state index in [1.165, 1.54) is 7.05 Å². The Balaban J connectivity index is 1.74. The zero-order valence-electron chi connectivity index (χ0n) is 14.6. The molecule has 26 heavy (non-hydrogen) atoms. The number of nitrogens with two attached hydrogens (primary N) is 1. The van der Waals surface area contributed by atoms with Crippen LogP contribution in [0.3, 0.4) is 0 Å². The number of benzene rings is 2. The molecular formula is C19H20N4O3. The molecule has 0 aliphatic rings. The Morgan fingerprint density at radius 1 is 1.23 bits per heavy atom. The summed E-state index contributed by atoms with van der Waals surface area (Å²) in [7, 11) is 1.47. The van der Waals surface area contributed by atoms with Crippen LogP contribution in [0.2, 0.25) is 0 Å². The summed E-state index contributed by atoms with van der Waals surface area (Å²) >= 11 is 0. The summed E-state index contributed by atoms with van der Waals surface area (Å²) in [4.78, 5) is 16.2. The lowest BCUT2D eigenvalue weighted by atomic mass is 10.1. The van der Waals surface area contributed by atoms with E-state index in [0.29, 0.717) is 11.4 Å². The van der Waals surface area contributed by atoms with E-state index in [4.69, 9.17) is 15.0 Å². The lowest BCUT2D eigenvalue weighted by Crippen LogP contribution is -2.37. The Labute approximate surface area is 151 Å². The molecule has 0 fully saturated rings. The fourth-order valence-corrected chi connectivity index (χ4v) is 2.41. The third-order valence-corrected chi connectivity index (χ3v) is 3.86. The lowest BCUT2D eigenvalue weighted by Gasteiger charge is -2.16. The molecule has 134 valence electrons. The molecule has 0 saturated carbocycles. The van der Waals surface area contributed by atoms with E-state index in [-0.39, 0.29) is 12.7 Å². The highest BCUT2D eigenvalue weighted by Crippen LogP contribution is 2.25. The smallest absolute Gasteiger partial charge is 0.394 e. The quantitative estimate of drug-likeness (QED) is 0.416. The van der Waals surface area contributed by atoms with E-state index in [1.54, 1.807) is 12.3 Å². The van der Waals surface area contributed by atoms with E-state index < -0.39 is 6.03 Å². The fraction of sp³-hybridized carbons (Fsp3) is 0.158. The highest BCUT2D eigenvalue weighted by atomic mass is 16.6. The molecule has 2 amide bonds. The molecule has 0 bridgehead atoms. The summed E-state index contributed by atoms with van der Waals surface area (Å²) in [6.07, 6.45) is 1.72. The van der Waals surface area contributed by atoms with Gasteiger partial charge in [-0.05, 0) is 18.6 Å². The number of nitrogens with one attached hydrogen (secondary N) is 1. The van der Waals surface area contributed by atoms with E-state index in [1.807, 2.05) is 49.4 Å². The highest BCUT2D eigenvalue weighted by molar-refractivity contribution is 5.89. The molecule has 7 heteroatoms. The van der Waals surface area contributed by atoms with Crippen molar-refractivity contribution in [1.82, 2.24) is 9.99 Å². The lowest BCUT2D eigenvalue weighted by molar-refractivity contribution is 0.219. The SMILES string of the molecule is Cc1cccc(NC(=O)N(C)N)c1COc1nc(-c2ccccc2)co1. The Morgan fingerprint density at radius 2 is 2.00 bits per heavy atom. The molecule has 3 N–H and O–H groups in total. The third kappa shape index (κ3) is 4.01. The maximum atomic E-state index is 11.8. The first-order chi connectivity index (χ1) is 12.5. The molecule has 1 heterocycles. The van der Waals surface area contributed by atoms with Crippen LogP contribution in [0, 0.1) is 6.92 Å². The molecule has 2 aromatic carbocycles. The number of urea groups is 1. The van der Waals surface area contributed by atoms with Crippen LogP contribution < -0.4 is 15.9 Å². The van der Waals surface area contributed by atoms with Crippen molar-refractivity contribution in [3.05, 3.63) is 65.9 Å². The van der Waals surface area contributed by atoms with Crippen LogP contribution in [0.25, 0.3) is 11.3 Å². The van der Waals surface area contributed by atoms with Gasteiger partial charge in [0.15, 0.2) is 0 Å². The maximum Gasteiger partial charge on any atom is 0.394 e. The number of oxazole rings is 1. The summed E-state index contributed by atoms with van der Waals surface area (Å²) in [6.45, 7) is 2.14. The second-order valence-corrected chi connectivity index (χ2v) is 5.80. The normalized spacial score (nSPS) is 10.4. The number of aryl methyl sites for hydroxylation is 1. The van der Waals surface area contributed by atoms with Crippen LogP contribution in [-0.4, -0.2) is 23.1 Å². The first kappa shape index (κ1) is 17.5. The fourth-order valence-electron chi connectivity index (χ4n) is 2.41. The van der Waals surface area contributed by atoms with E-state index in [9.17, 15) is 4.79 Å². The van der Waals surface area contributed by atoms with Crippen LogP contribution in [-0.2, 0) is 6.61 Å². The first-order valence-corrected chi connectivity index (χ1v) is 8.06. The molecule has 3 aromatic rings. The van der Waals surface area contributed by atoms with Gasteiger partial charge in [-0.2, -0.15) is 4.98 Å². The monoisotopic (exact) mass is 352 g/mol. The van der Waals surface area contributed by atoms with Crippen molar-refractivity contribution in [2.75, 3.05) is 12.4 Å². The average Bonchev–Trinajstić information content (AvgIpc) is 3.11. The summed E-state index contributed by atoms with van der Waals surface area (Å²) < 4.78 is 11.1. The predicted molar refractivity (Wildman–Crippen MR) is 98.4 cm³/mol. The van der Waals surface area contributed by atoms with Gasteiger partial charge in [0.05, 0.1) is 0 Å². The van der Waals surface area contributed by atoms with Crippen molar-refractivity contribution < 1.29 is 13.9 Å². The molecule has 0 unspecified atom stereocenters. The molecule has 0 radical (unpaired) electrons. The zero-order valence-corrected chi connectivity index (χ0v) is 14.6. The number of amides is 2. The standard InChI is InChI=1S/C19H20N4O3/c1-13-7-6-10-16(21-18(24)23(2)20)15(13)11-25-19-22-17(12-26-19)14-8-4-3-5-9-14/h3-10,12H,11,20H2,1-2H3,(H,21,24). The molecule has 0 aliphatic carbocycles. The molecular weight excluding hydrogens is 332 g/mol. The highest BCUT2D eigenvalue weighted by Gasteiger charge is 2.13. The van der Waals surface area contributed by atoms with Gasteiger partial charge in [-0.25, -0.2) is 10.6 Å². The number of carbonyl (C=O) groups is 1. The maximum absolute atomic E-state index is 11.8. The Bertz CT molecular complexity index is 891. The number of nitrogens with zero attached hydrogens (tertiary/aromatic N) is 2. The summed E-state index contributed by atoms with van der Waals surface area (Å²) in [5, 5.41) is 3.73. The predicted octanol–water partition coefficient (Wildman–Crippen LogP) is 3.57. The van der Waals surface area contributed by atoms with E-state index in [2.05, 4.69) is 10.3 Å². The summed E-state index contributed by atoms with van der Waals surface area (Å²) in [6, 6.07) is 14.8. The van der Waals surface area contributed by atoms with Gasteiger partial charge < -0.3 is 14.5 Å².